The van der Waals surface area contributed by atoms with E-state index in [0.717, 1.165) is 0 Å². The summed E-state index contributed by atoms with van der Waals surface area (Å²) < 4.78 is 0. The molecule has 0 unspecified atom stereocenters. The molecule has 0 aromatic heterocycles. The zero-order chi connectivity index (χ0) is 34.9. The molecular weight excluding hydrogens is 571 g/mol. The SMILES string of the molecule is CC(C)c1cc(C(C)C)c([P+](c2c(C(C)C)cc(C(C)C)cc2C(C)C)c2c(C(C)C)cc(C(C)C)cc2C(C)C)c(C(C)C)c1. The van der Waals surface area contributed by atoms with Crippen molar-refractivity contribution in [1.82, 2.24) is 0 Å². The van der Waals surface area contributed by atoms with Crippen molar-refractivity contribution in [2.24, 2.45) is 0 Å². The summed E-state index contributed by atoms with van der Waals surface area (Å²) in [5, 5.41) is 4.93. The highest BCUT2D eigenvalue weighted by molar-refractivity contribution is 7.80. The minimum absolute atomic E-state index is 0.441. The highest BCUT2D eigenvalue weighted by Gasteiger charge is 2.46. The van der Waals surface area contributed by atoms with Crippen LogP contribution in [0.25, 0.3) is 0 Å². The molecule has 0 N–H and O–H groups in total. The van der Waals surface area contributed by atoms with Crippen molar-refractivity contribution in [2.45, 2.75) is 178 Å². The molecule has 0 saturated heterocycles. The van der Waals surface area contributed by atoms with E-state index in [2.05, 4.69) is 161 Å². The van der Waals surface area contributed by atoms with Gasteiger partial charge in [0.2, 0.25) is 7.92 Å². The van der Waals surface area contributed by atoms with Gasteiger partial charge in [-0.15, -0.1) is 0 Å². The Balaban J connectivity index is 2.84. The van der Waals surface area contributed by atoms with Gasteiger partial charge in [-0.3, -0.25) is 0 Å². The lowest BCUT2D eigenvalue weighted by Crippen LogP contribution is -2.35. The topological polar surface area (TPSA) is 0 Å². The van der Waals surface area contributed by atoms with Gasteiger partial charge in [-0.2, -0.15) is 0 Å². The van der Waals surface area contributed by atoms with Crippen LogP contribution in [0.15, 0.2) is 36.4 Å². The molecule has 0 heterocycles. The molecular formula is C45H69P+. The summed E-state index contributed by atoms with van der Waals surface area (Å²) in [4.78, 5) is 0. The smallest absolute Gasteiger partial charge is 0.0587 e. The molecule has 1 radical (unpaired) electrons. The van der Waals surface area contributed by atoms with Gasteiger partial charge < -0.3 is 0 Å². The van der Waals surface area contributed by atoms with E-state index in [1.807, 2.05) is 0 Å². The van der Waals surface area contributed by atoms with Crippen LogP contribution in [0.2, 0.25) is 0 Å². The molecule has 1 heteroatoms. The summed E-state index contributed by atoms with van der Waals surface area (Å²) in [5.41, 5.74) is 13.8. The third-order valence-electron chi connectivity index (χ3n) is 9.98. The number of hydrogen-bond donors (Lipinski definition) is 0. The molecule has 0 aliphatic carbocycles. The lowest BCUT2D eigenvalue weighted by Gasteiger charge is -2.29. The first-order valence-electron chi connectivity index (χ1n) is 18.6. The van der Waals surface area contributed by atoms with Crippen molar-refractivity contribution < 1.29 is 0 Å². The fraction of sp³-hybridized carbons (Fsp3) is 0.600. The summed E-state index contributed by atoms with van der Waals surface area (Å²) in [6.07, 6.45) is 0. The molecule has 0 bridgehead atoms. The van der Waals surface area contributed by atoms with Gasteiger partial charge in [0.05, 0.1) is 0 Å². The molecule has 0 fully saturated rings. The second-order valence-corrected chi connectivity index (χ2v) is 18.9. The van der Waals surface area contributed by atoms with Crippen LogP contribution in [0.4, 0.5) is 0 Å². The summed E-state index contributed by atoms with van der Waals surface area (Å²) in [7, 11) is -0.860. The van der Waals surface area contributed by atoms with E-state index in [9.17, 15) is 0 Å². The number of rotatable bonds is 12. The largest absolute Gasteiger partial charge is 0.248 e. The quantitative estimate of drug-likeness (QED) is 0.173. The highest BCUT2D eigenvalue weighted by atomic mass is 31.1. The molecule has 3 aromatic carbocycles. The normalized spacial score (nSPS) is 12.8. The van der Waals surface area contributed by atoms with Crippen LogP contribution < -0.4 is 15.9 Å². The molecule has 0 amide bonds. The Morgan fingerprint density at radius 2 is 0.413 bits per heavy atom. The van der Waals surface area contributed by atoms with E-state index < -0.39 is 7.92 Å². The Morgan fingerprint density at radius 1 is 0.261 bits per heavy atom. The Morgan fingerprint density at radius 3 is 0.522 bits per heavy atom. The second-order valence-electron chi connectivity index (χ2n) is 16.9. The van der Waals surface area contributed by atoms with E-state index in [-0.39, 0.29) is 0 Å². The fourth-order valence-electron chi connectivity index (χ4n) is 6.86. The molecule has 0 aliphatic heterocycles. The zero-order valence-electron chi connectivity index (χ0n) is 33.1. The Labute approximate surface area is 287 Å². The lowest BCUT2D eigenvalue weighted by molar-refractivity contribution is 0.809. The van der Waals surface area contributed by atoms with Gasteiger partial charge in [0.1, 0.15) is 15.9 Å². The minimum atomic E-state index is -0.860. The van der Waals surface area contributed by atoms with Crippen LogP contribution in [0.1, 0.15) is 228 Å². The van der Waals surface area contributed by atoms with E-state index in [0.29, 0.717) is 53.3 Å². The van der Waals surface area contributed by atoms with Crippen molar-refractivity contribution in [3.05, 3.63) is 86.5 Å². The van der Waals surface area contributed by atoms with E-state index in [1.165, 1.54) is 16.7 Å². The van der Waals surface area contributed by atoms with Crippen molar-refractivity contribution in [3.63, 3.8) is 0 Å². The first kappa shape index (κ1) is 38.5. The van der Waals surface area contributed by atoms with Gasteiger partial charge in [0.25, 0.3) is 0 Å². The van der Waals surface area contributed by atoms with Crippen LogP contribution in [0.5, 0.6) is 0 Å². The van der Waals surface area contributed by atoms with E-state index >= 15 is 0 Å². The van der Waals surface area contributed by atoms with Crippen LogP contribution in [0, 0.1) is 0 Å². The van der Waals surface area contributed by atoms with Crippen LogP contribution in [-0.4, -0.2) is 0 Å². The first-order valence-corrected chi connectivity index (χ1v) is 20.0. The van der Waals surface area contributed by atoms with Gasteiger partial charge in [-0.1, -0.05) is 161 Å². The van der Waals surface area contributed by atoms with Crippen molar-refractivity contribution in [2.75, 3.05) is 0 Å². The van der Waals surface area contributed by atoms with Crippen LogP contribution in [0.3, 0.4) is 0 Å². The summed E-state index contributed by atoms with van der Waals surface area (Å²) in [6.45, 7) is 43.4. The van der Waals surface area contributed by atoms with Crippen molar-refractivity contribution in [1.29, 1.82) is 0 Å². The Bertz CT molecular complexity index is 1210. The van der Waals surface area contributed by atoms with Crippen molar-refractivity contribution >= 4 is 23.8 Å². The molecule has 0 aliphatic rings. The number of benzene rings is 3. The first-order chi connectivity index (χ1) is 21.3. The third-order valence-corrected chi connectivity index (χ3v) is 12.9. The molecule has 3 aromatic rings. The average Bonchev–Trinajstić information content (AvgIpc) is 2.95. The molecule has 253 valence electrons. The maximum absolute atomic E-state index is 2.60. The maximum Gasteiger partial charge on any atom is 0.248 e. The highest BCUT2D eigenvalue weighted by Crippen LogP contribution is 2.48. The van der Waals surface area contributed by atoms with Gasteiger partial charge in [-0.05, 0) is 70.0 Å². The lowest BCUT2D eigenvalue weighted by atomic mass is 9.89. The van der Waals surface area contributed by atoms with E-state index in [4.69, 9.17) is 0 Å². The van der Waals surface area contributed by atoms with Crippen molar-refractivity contribution in [3.8, 4) is 0 Å². The zero-order valence-corrected chi connectivity index (χ0v) is 34.0. The fourth-order valence-corrected chi connectivity index (χ4v) is 11.0. The number of hydrogen-bond acceptors (Lipinski definition) is 0. The summed E-state index contributed by atoms with van der Waals surface area (Å²) in [6, 6.07) is 15.6. The minimum Gasteiger partial charge on any atom is -0.0587 e. The summed E-state index contributed by atoms with van der Waals surface area (Å²) >= 11 is 0. The van der Waals surface area contributed by atoms with Gasteiger partial charge in [0.15, 0.2) is 0 Å². The maximum atomic E-state index is 2.60. The van der Waals surface area contributed by atoms with Crippen LogP contribution in [-0.2, 0) is 0 Å². The summed E-state index contributed by atoms with van der Waals surface area (Å²) in [5.74, 6) is 4.15. The Kier molecular flexibility index (Phi) is 13.0. The second kappa shape index (κ2) is 15.5. The predicted molar refractivity (Wildman–Crippen MR) is 212 cm³/mol. The molecule has 0 saturated carbocycles. The van der Waals surface area contributed by atoms with Gasteiger partial charge in [0, 0.05) is 33.4 Å². The molecule has 0 spiro atoms. The predicted octanol–water partition coefficient (Wildman–Crippen LogP) is 13.6. The molecule has 3 rings (SSSR count). The monoisotopic (exact) mass is 641 g/mol. The molecule has 0 nitrogen and oxygen atoms in total. The molecule has 0 atom stereocenters. The van der Waals surface area contributed by atoms with Gasteiger partial charge >= 0.3 is 0 Å². The van der Waals surface area contributed by atoms with Gasteiger partial charge in [-0.25, -0.2) is 0 Å². The Hall–Kier alpha value is -1.91. The average molecular weight is 641 g/mol. The standard InChI is InChI=1S/C45H69P/c1-25(2)34-19-37(28(7)8)43(38(20-34)29(9)10)46(44-39(30(11)12)21-35(26(3)4)22-40(44)31(13)14)45-41(32(15)16)23-36(27(5)6)24-42(45)33(17)18/h19-33H,1-18H3/q+1. The van der Waals surface area contributed by atoms with E-state index in [1.54, 1.807) is 49.3 Å². The molecule has 46 heavy (non-hydrogen) atoms. The third kappa shape index (κ3) is 8.03. The van der Waals surface area contributed by atoms with Crippen LogP contribution >= 0.6 is 7.92 Å².